The molecule has 1 atom stereocenters. The Morgan fingerprint density at radius 2 is 2.00 bits per heavy atom. The Kier molecular flexibility index (Phi) is 5.11. The van der Waals surface area contributed by atoms with Gasteiger partial charge in [0.05, 0.1) is 17.6 Å². The molecule has 2 aromatic carbocycles. The quantitative estimate of drug-likeness (QED) is 0.583. The highest BCUT2D eigenvalue weighted by atomic mass is 32.1. The number of amidine groups is 1. The third-order valence-electron chi connectivity index (χ3n) is 5.66. The molecule has 0 unspecified atom stereocenters. The van der Waals surface area contributed by atoms with E-state index >= 15 is 0 Å². The van der Waals surface area contributed by atoms with Crippen LogP contribution in [-0.4, -0.2) is 54.3 Å². The molecule has 6 nitrogen and oxygen atoms in total. The van der Waals surface area contributed by atoms with Gasteiger partial charge in [-0.3, -0.25) is 4.79 Å². The Balaban J connectivity index is 1.49. The number of methoxy groups -OCH3 is 1. The lowest BCUT2D eigenvalue weighted by atomic mass is 10.1. The molecule has 1 saturated heterocycles. The summed E-state index contributed by atoms with van der Waals surface area (Å²) in [6, 6.07) is 17.4. The highest BCUT2D eigenvalue weighted by Crippen LogP contribution is 2.39. The van der Waals surface area contributed by atoms with Crippen molar-refractivity contribution in [3.8, 4) is 17.2 Å². The maximum absolute atomic E-state index is 12.9. The van der Waals surface area contributed by atoms with Crippen LogP contribution in [-0.2, 0) is 0 Å². The van der Waals surface area contributed by atoms with E-state index in [-0.39, 0.29) is 11.9 Å². The van der Waals surface area contributed by atoms with Gasteiger partial charge in [0.1, 0.15) is 23.0 Å². The van der Waals surface area contributed by atoms with Gasteiger partial charge in [0.15, 0.2) is 5.75 Å². The number of aliphatic imine (C=N–C) groups is 1. The number of piperazine rings is 1. The van der Waals surface area contributed by atoms with E-state index in [4.69, 9.17) is 14.5 Å². The van der Waals surface area contributed by atoms with Gasteiger partial charge in [0, 0.05) is 25.7 Å². The minimum absolute atomic E-state index is 0.0551. The van der Waals surface area contributed by atoms with Crippen LogP contribution in [0.1, 0.15) is 22.2 Å². The molecule has 3 aromatic rings. The topological polar surface area (TPSA) is 54.4 Å². The molecule has 2 aliphatic heterocycles. The number of ether oxygens (including phenoxy) is 2. The van der Waals surface area contributed by atoms with Crippen LogP contribution in [0.25, 0.3) is 0 Å². The van der Waals surface area contributed by atoms with Crippen LogP contribution >= 0.6 is 11.3 Å². The summed E-state index contributed by atoms with van der Waals surface area (Å²) < 4.78 is 11.7. The van der Waals surface area contributed by atoms with E-state index in [0.29, 0.717) is 19.6 Å². The summed E-state index contributed by atoms with van der Waals surface area (Å²) in [4.78, 5) is 22.9. The maximum Gasteiger partial charge on any atom is 0.264 e. The van der Waals surface area contributed by atoms with E-state index in [1.54, 1.807) is 7.11 Å². The summed E-state index contributed by atoms with van der Waals surface area (Å²) in [5.74, 6) is 3.16. The summed E-state index contributed by atoms with van der Waals surface area (Å²) in [5.41, 5.74) is 1.68. The van der Waals surface area contributed by atoms with Crippen molar-refractivity contribution < 1.29 is 14.3 Å². The molecule has 2 aliphatic rings. The van der Waals surface area contributed by atoms with Crippen LogP contribution in [0.3, 0.4) is 0 Å². The molecule has 5 rings (SSSR count). The van der Waals surface area contributed by atoms with Gasteiger partial charge >= 0.3 is 0 Å². The van der Waals surface area contributed by atoms with E-state index < -0.39 is 0 Å². The van der Waals surface area contributed by atoms with Crippen molar-refractivity contribution in [1.82, 2.24) is 9.80 Å². The van der Waals surface area contributed by atoms with Crippen molar-refractivity contribution in [2.45, 2.75) is 13.0 Å². The molecule has 158 valence electrons. The number of para-hydroxylation sites is 2. The van der Waals surface area contributed by atoms with Crippen molar-refractivity contribution >= 4 is 28.8 Å². The van der Waals surface area contributed by atoms with Gasteiger partial charge in [0.25, 0.3) is 5.91 Å². The number of amides is 1. The second-order valence-corrected chi connectivity index (χ2v) is 8.59. The summed E-state index contributed by atoms with van der Waals surface area (Å²) >= 11 is 1.49. The molecule has 0 radical (unpaired) electrons. The van der Waals surface area contributed by atoms with Gasteiger partial charge in [-0.05, 0) is 48.7 Å². The number of hydrogen-bond acceptors (Lipinski definition) is 6. The number of nitrogens with zero attached hydrogens (tertiary/aromatic N) is 3. The van der Waals surface area contributed by atoms with Crippen molar-refractivity contribution in [2.75, 3.05) is 26.7 Å². The number of carbonyl (C=O) groups excluding carboxylic acids is 1. The molecule has 0 bridgehead atoms. The van der Waals surface area contributed by atoms with E-state index in [1.807, 2.05) is 64.9 Å². The summed E-state index contributed by atoms with van der Waals surface area (Å²) in [6.45, 7) is 4.11. The third-order valence-corrected chi connectivity index (χ3v) is 6.52. The van der Waals surface area contributed by atoms with Crippen LogP contribution in [0.15, 0.2) is 65.0 Å². The third kappa shape index (κ3) is 3.65. The van der Waals surface area contributed by atoms with Crippen LogP contribution in [0, 0.1) is 0 Å². The van der Waals surface area contributed by atoms with Crippen molar-refractivity contribution in [1.29, 1.82) is 0 Å². The first kappa shape index (κ1) is 19.6. The number of fused-ring (bicyclic) bond motifs is 2. The van der Waals surface area contributed by atoms with E-state index in [0.717, 1.165) is 39.2 Å². The highest BCUT2D eigenvalue weighted by molar-refractivity contribution is 7.12. The number of thiophene rings is 1. The zero-order valence-corrected chi connectivity index (χ0v) is 18.3. The molecule has 1 amide bonds. The molecule has 0 spiro atoms. The average molecular weight is 434 g/mol. The van der Waals surface area contributed by atoms with Gasteiger partial charge < -0.3 is 19.3 Å². The zero-order chi connectivity index (χ0) is 21.4. The minimum Gasteiger partial charge on any atom is -0.497 e. The normalized spacial score (nSPS) is 17.7. The molecule has 0 N–H and O–H groups in total. The van der Waals surface area contributed by atoms with Gasteiger partial charge in [-0.2, -0.15) is 0 Å². The van der Waals surface area contributed by atoms with E-state index in [1.165, 1.54) is 11.3 Å². The smallest absolute Gasteiger partial charge is 0.264 e. The monoisotopic (exact) mass is 433 g/mol. The van der Waals surface area contributed by atoms with Crippen LogP contribution in [0.4, 0.5) is 5.69 Å². The Labute approximate surface area is 185 Å². The molecule has 3 heterocycles. The SMILES string of the molecule is COc1ccc2c(c1)C(N1CCN(C(=O)c3cccs3)[C@H](C)C1)=Nc1ccccc1O2. The summed E-state index contributed by atoms with van der Waals surface area (Å²) in [7, 11) is 1.65. The van der Waals surface area contributed by atoms with Gasteiger partial charge in [-0.15, -0.1) is 11.3 Å². The fourth-order valence-corrected chi connectivity index (χ4v) is 4.74. The molecule has 1 fully saturated rings. The van der Waals surface area contributed by atoms with Crippen LogP contribution in [0.5, 0.6) is 17.2 Å². The first-order valence-electron chi connectivity index (χ1n) is 10.3. The highest BCUT2D eigenvalue weighted by Gasteiger charge is 2.32. The number of benzene rings is 2. The number of rotatable bonds is 2. The van der Waals surface area contributed by atoms with E-state index in [9.17, 15) is 4.79 Å². The molecular formula is C24H23N3O3S. The predicted octanol–water partition coefficient (Wildman–Crippen LogP) is 4.79. The molecule has 31 heavy (non-hydrogen) atoms. The average Bonchev–Trinajstić information content (AvgIpc) is 3.28. The maximum atomic E-state index is 12.9. The Bertz CT molecular complexity index is 1140. The summed E-state index contributed by atoms with van der Waals surface area (Å²) in [6.07, 6.45) is 0. The predicted molar refractivity (Wildman–Crippen MR) is 122 cm³/mol. The minimum atomic E-state index is 0.0551. The molecular weight excluding hydrogens is 410 g/mol. The fourth-order valence-electron chi connectivity index (χ4n) is 4.06. The van der Waals surface area contributed by atoms with Crippen molar-refractivity contribution in [3.05, 3.63) is 70.4 Å². The standard InChI is InChI=1S/C24H23N3O3S/c1-16-15-26(11-12-27(16)24(28)22-8-5-13-31-22)23-18-14-17(29-2)9-10-20(18)30-21-7-4-3-6-19(21)25-23/h3-10,13-14,16H,11-12,15H2,1-2H3/t16-/m1/s1. The van der Waals surface area contributed by atoms with Crippen molar-refractivity contribution in [3.63, 3.8) is 0 Å². The molecule has 7 heteroatoms. The zero-order valence-electron chi connectivity index (χ0n) is 17.4. The lowest BCUT2D eigenvalue weighted by Gasteiger charge is -2.41. The molecule has 1 aromatic heterocycles. The molecule has 0 aliphatic carbocycles. The van der Waals surface area contributed by atoms with Gasteiger partial charge in [-0.25, -0.2) is 4.99 Å². The second kappa shape index (κ2) is 8.07. The second-order valence-electron chi connectivity index (χ2n) is 7.64. The number of carbonyl (C=O) groups is 1. The fraction of sp³-hybridized carbons (Fsp3) is 0.250. The largest absolute Gasteiger partial charge is 0.497 e. The number of hydrogen-bond donors (Lipinski definition) is 0. The molecule has 0 saturated carbocycles. The lowest BCUT2D eigenvalue weighted by molar-refractivity contribution is 0.0586. The summed E-state index contributed by atoms with van der Waals surface area (Å²) in [5, 5.41) is 1.94. The van der Waals surface area contributed by atoms with Crippen LogP contribution in [0.2, 0.25) is 0 Å². The van der Waals surface area contributed by atoms with Gasteiger partial charge in [0.2, 0.25) is 0 Å². The first-order valence-corrected chi connectivity index (χ1v) is 11.2. The van der Waals surface area contributed by atoms with Gasteiger partial charge in [-0.1, -0.05) is 18.2 Å². The first-order chi connectivity index (χ1) is 15.1. The van der Waals surface area contributed by atoms with Crippen LogP contribution < -0.4 is 9.47 Å². The Morgan fingerprint density at radius 1 is 1.13 bits per heavy atom. The lowest BCUT2D eigenvalue weighted by Crippen LogP contribution is -2.55. The Morgan fingerprint density at radius 3 is 2.77 bits per heavy atom. The van der Waals surface area contributed by atoms with E-state index in [2.05, 4.69) is 11.8 Å². The van der Waals surface area contributed by atoms with Crippen molar-refractivity contribution in [2.24, 2.45) is 4.99 Å². The Hall–Kier alpha value is -3.32.